The first-order chi connectivity index (χ1) is 15.9. The van der Waals surface area contributed by atoms with E-state index in [1.54, 1.807) is 30.3 Å². The molecule has 33 heavy (non-hydrogen) atoms. The molecule has 0 atom stereocenters. The van der Waals surface area contributed by atoms with Crippen molar-refractivity contribution in [3.63, 3.8) is 0 Å². The third-order valence-electron chi connectivity index (χ3n) is 4.26. The first-order valence-corrected chi connectivity index (χ1v) is 10.4. The van der Waals surface area contributed by atoms with Crippen LogP contribution in [0.25, 0.3) is 0 Å². The van der Waals surface area contributed by atoms with Crippen LogP contribution < -0.4 is 20.2 Å². The Labute approximate surface area is 195 Å². The van der Waals surface area contributed by atoms with Gasteiger partial charge in [-0.1, -0.05) is 23.7 Å². The molecule has 0 bridgehead atoms. The molecule has 0 aliphatic heterocycles. The van der Waals surface area contributed by atoms with E-state index in [0.29, 0.717) is 35.3 Å². The van der Waals surface area contributed by atoms with E-state index in [2.05, 4.69) is 15.8 Å². The molecule has 0 radical (unpaired) electrons. The summed E-state index contributed by atoms with van der Waals surface area (Å²) in [5.74, 6) is -1.29. The van der Waals surface area contributed by atoms with E-state index < -0.39 is 17.6 Å². The van der Waals surface area contributed by atoms with E-state index in [9.17, 15) is 14.0 Å². The Bertz CT molecular complexity index is 1140. The zero-order valence-electron chi connectivity index (χ0n) is 17.7. The molecule has 0 aliphatic carbocycles. The van der Waals surface area contributed by atoms with E-state index in [1.165, 1.54) is 30.5 Å². The lowest BCUT2D eigenvalue weighted by Gasteiger charge is -2.12. The molecule has 3 aromatic rings. The molecule has 3 aromatic carbocycles. The number of anilines is 1. The number of halogens is 2. The lowest BCUT2D eigenvalue weighted by atomic mass is 10.2. The Morgan fingerprint density at radius 2 is 1.70 bits per heavy atom. The van der Waals surface area contributed by atoms with Crippen molar-refractivity contribution in [2.45, 2.75) is 13.5 Å². The predicted molar refractivity (Wildman–Crippen MR) is 124 cm³/mol. The summed E-state index contributed by atoms with van der Waals surface area (Å²) in [4.78, 5) is 23.8. The standard InChI is InChI=1S/C24H21ClFN3O4/c1-2-32-22-13-17(5-12-21(22)33-15-16-3-6-18(25)7-4-16)14-27-29-24(31)23(30)28-20-10-8-19(26)9-11-20/h3-14H,2,15H2,1H3,(H,28,30)(H,29,31)/b27-14-. The molecule has 0 fully saturated rings. The van der Waals surface area contributed by atoms with Crippen LogP contribution in [-0.2, 0) is 16.2 Å². The normalized spacial score (nSPS) is 10.6. The van der Waals surface area contributed by atoms with Gasteiger partial charge in [-0.25, -0.2) is 9.82 Å². The highest BCUT2D eigenvalue weighted by atomic mass is 35.5. The van der Waals surface area contributed by atoms with Gasteiger partial charge in [0.05, 0.1) is 12.8 Å². The molecular formula is C24H21ClFN3O4. The summed E-state index contributed by atoms with van der Waals surface area (Å²) in [6, 6.07) is 17.5. The molecule has 0 heterocycles. The smallest absolute Gasteiger partial charge is 0.329 e. The fraction of sp³-hybridized carbons (Fsp3) is 0.125. The number of ether oxygens (including phenoxy) is 2. The summed E-state index contributed by atoms with van der Waals surface area (Å²) in [7, 11) is 0. The highest BCUT2D eigenvalue weighted by molar-refractivity contribution is 6.39. The van der Waals surface area contributed by atoms with Gasteiger partial charge in [0, 0.05) is 10.7 Å². The van der Waals surface area contributed by atoms with Crippen molar-refractivity contribution in [2.24, 2.45) is 5.10 Å². The number of benzene rings is 3. The maximum absolute atomic E-state index is 12.9. The Morgan fingerprint density at radius 3 is 2.39 bits per heavy atom. The van der Waals surface area contributed by atoms with E-state index in [-0.39, 0.29) is 5.69 Å². The quantitative estimate of drug-likeness (QED) is 0.288. The molecule has 0 saturated heterocycles. The second-order valence-electron chi connectivity index (χ2n) is 6.71. The Balaban J connectivity index is 1.58. The van der Waals surface area contributed by atoms with Gasteiger partial charge >= 0.3 is 11.8 Å². The third kappa shape index (κ3) is 7.33. The average molecular weight is 470 g/mol. The zero-order valence-corrected chi connectivity index (χ0v) is 18.4. The van der Waals surface area contributed by atoms with Gasteiger partial charge in [0.2, 0.25) is 0 Å². The maximum Gasteiger partial charge on any atom is 0.329 e. The van der Waals surface area contributed by atoms with Crippen molar-refractivity contribution < 1.29 is 23.5 Å². The molecule has 0 unspecified atom stereocenters. The summed E-state index contributed by atoms with van der Waals surface area (Å²) in [5, 5.41) is 6.79. The van der Waals surface area contributed by atoms with Crippen molar-refractivity contribution in [1.29, 1.82) is 0 Å². The van der Waals surface area contributed by atoms with Gasteiger partial charge in [0.25, 0.3) is 0 Å². The fourth-order valence-corrected chi connectivity index (χ4v) is 2.80. The summed E-state index contributed by atoms with van der Waals surface area (Å²) >= 11 is 5.90. The Kier molecular flexibility index (Phi) is 8.37. The molecule has 7 nitrogen and oxygen atoms in total. The minimum Gasteiger partial charge on any atom is -0.490 e. The molecule has 2 amide bonds. The SMILES string of the molecule is CCOc1cc(/C=N\NC(=O)C(=O)Nc2ccc(F)cc2)ccc1OCc1ccc(Cl)cc1. The van der Waals surface area contributed by atoms with Crippen LogP contribution in [0.2, 0.25) is 5.02 Å². The van der Waals surface area contributed by atoms with E-state index in [0.717, 1.165) is 5.56 Å². The lowest BCUT2D eigenvalue weighted by Crippen LogP contribution is -2.32. The maximum atomic E-state index is 12.9. The number of hydrogen-bond donors (Lipinski definition) is 2. The first-order valence-electron chi connectivity index (χ1n) is 9.98. The van der Waals surface area contributed by atoms with Gasteiger partial charge < -0.3 is 14.8 Å². The zero-order chi connectivity index (χ0) is 23.6. The first kappa shape index (κ1) is 23.7. The van der Waals surface area contributed by atoms with Crippen molar-refractivity contribution in [1.82, 2.24) is 5.43 Å². The van der Waals surface area contributed by atoms with Crippen LogP contribution in [0.1, 0.15) is 18.1 Å². The van der Waals surface area contributed by atoms with Crippen molar-refractivity contribution in [3.8, 4) is 11.5 Å². The Morgan fingerprint density at radius 1 is 0.970 bits per heavy atom. The number of rotatable bonds is 8. The monoisotopic (exact) mass is 469 g/mol. The van der Waals surface area contributed by atoms with Gasteiger partial charge in [-0.15, -0.1) is 0 Å². The summed E-state index contributed by atoms with van der Waals surface area (Å²) in [6.45, 7) is 2.62. The second-order valence-corrected chi connectivity index (χ2v) is 7.15. The number of hydrogen-bond acceptors (Lipinski definition) is 5. The molecule has 0 aliphatic rings. The predicted octanol–water partition coefficient (Wildman–Crippen LogP) is 4.55. The minimum absolute atomic E-state index is 0.288. The number of nitrogens with zero attached hydrogens (tertiary/aromatic N) is 1. The van der Waals surface area contributed by atoms with Crippen LogP contribution in [0, 0.1) is 5.82 Å². The molecule has 2 N–H and O–H groups in total. The summed E-state index contributed by atoms with van der Waals surface area (Å²) < 4.78 is 24.4. The van der Waals surface area contributed by atoms with Crippen LogP contribution >= 0.6 is 11.6 Å². The number of amides is 2. The summed E-state index contributed by atoms with van der Waals surface area (Å²) in [6.07, 6.45) is 1.37. The van der Waals surface area contributed by atoms with Crippen LogP contribution in [0.5, 0.6) is 11.5 Å². The highest BCUT2D eigenvalue weighted by Gasteiger charge is 2.13. The van der Waals surface area contributed by atoms with Gasteiger partial charge in [-0.3, -0.25) is 9.59 Å². The van der Waals surface area contributed by atoms with E-state index >= 15 is 0 Å². The van der Waals surface area contributed by atoms with Crippen molar-refractivity contribution >= 4 is 35.3 Å². The molecule has 0 saturated carbocycles. The molecule has 9 heteroatoms. The number of carbonyl (C=O) groups excluding carboxylic acids is 2. The molecular weight excluding hydrogens is 449 g/mol. The van der Waals surface area contributed by atoms with Crippen LogP contribution in [0.4, 0.5) is 10.1 Å². The van der Waals surface area contributed by atoms with Crippen molar-refractivity contribution in [3.05, 3.63) is 88.7 Å². The molecule has 3 rings (SSSR count). The lowest BCUT2D eigenvalue weighted by molar-refractivity contribution is -0.136. The van der Waals surface area contributed by atoms with E-state index in [1.807, 2.05) is 19.1 Å². The highest BCUT2D eigenvalue weighted by Crippen LogP contribution is 2.29. The van der Waals surface area contributed by atoms with Crippen molar-refractivity contribution in [2.75, 3.05) is 11.9 Å². The van der Waals surface area contributed by atoms with Crippen LogP contribution in [0.15, 0.2) is 71.8 Å². The number of carbonyl (C=O) groups is 2. The van der Waals surface area contributed by atoms with Crippen LogP contribution in [0.3, 0.4) is 0 Å². The average Bonchev–Trinajstić information content (AvgIpc) is 2.81. The molecule has 0 aromatic heterocycles. The van der Waals surface area contributed by atoms with Gasteiger partial charge in [-0.05, 0) is 72.6 Å². The molecule has 0 spiro atoms. The minimum atomic E-state index is -0.969. The van der Waals surface area contributed by atoms with E-state index in [4.69, 9.17) is 21.1 Å². The largest absolute Gasteiger partial charge is 0.490 e. The van der Waals surface area contributed by atoms with Gasteiger partial charge in [-0.2, -0.15) is 5.10 Å². The molecule has 170 valence electrons. The number of hydrazone groups is 1. The Hall–Kier alpha value is -3.91. The third-order valence-corrected chi connectivity index (χ3v) is 4.52. The second kappa shape index (κ2) is 11.6. The van der Waals surface area contributed by atoms with Crippen LogP contribution in [-0.4, -0.2) is 24.6 Å². The van der Waals surface area contributed by atoms with Gasteiger partial charge in [0.1, 0.15) is 12.4 Å². The number of nitrogens with one attached hydrogen (secondary N) is 2. The summed E-state index contributed by atoms with van der Waals surface area (Å²) in [5.41, 5.74) is 4.00. The fourth-order valence-electron chi connectivity index (χ4n) is 2.67. The topological polar surface area (TPSA) is 89.0 Å². The van der Waals surface area contributed by atoms with Gasteiger partial charge in [0.15, 0.2) is 11.5 Å².